The molecule has 1 aromatic heterocycles. The largest absolute Gasteiger partial charge is 0.359 e. The van der Waals surface area contributed by atoms with Crippen LogP contribution in [0.5, 0.6) is 0 Å². The van der Waals surface area contributed by atoms with Crippen molar-refractivity contribution < 1.29 is 4.74 Å². The second-order valence-electron chi connectivity index (χ2n) is 11.8. The van der Waals surface area contributed by atoms with Gasteiger partial charge in [0.05, 0.1) is 11.2 Å². The zero-order valence-electron chi connectivity index (χ0n) is 20.1. The zero-order chi connectivity index (χ0) is 22.3. The number of aromatic nitrogens is 1. The standard InChI is InChI=1S/C30H36N2O/c1-28-11-9-25-16-24-6-3-20(18-31-2)17-29(24)12-13-30(25,33-29)27(28)8-7-26(28)22-5-4-21-10-14-32-19-23(21)15-22/h4-6,10,14-16,19-20,26-27,31H,3,7-9,11-13,17-18H2,1-2H3/t20-,26-,27-,28-,29-,30-/m1/s1. The molecule has 1 N–H and O–H groups in total. The zero-order valence-corrected chi connectivity index (χ0v) is 20.1. The van der Waals surface area contributed by atoms with Gasteiger partial charge in [0, 0.05) is 17.8 Å². The van der Waals surface area contributed by atoms with Crippen LogP contribution in [-0.2, 0) is 4.74 Å². The van der Waals surface area contributed by atoms with Crippen LogP contribution in [0.15, 0.2) is 60.0 Å². The van der Waals surface area contributed by atoms with E-state index in [0.29, 0.717) is 23.2 Å². The Labute approximate surface area is 197 Å². The number of allylic oxidation sites excluding steroid dienone is 1. The molecule has 2 spiro atoms. The fourth-order valence-corrected chi connectivity index (χ4v) is 8.88. The third-order valence-corrected chi connectivity index (χ3v) is 10.4. The molecule has 2 bridgehead atoms. The van der Waals surface area contributed by atoms with E-state index >= 15 is 0 Å². The van der Waals surface area contributed by atoms with Crippen LogP contribution in [-0.4, -0.2) is 29.8 Å². The Balaban J connectivity index is 1.26. The molecule has 3 fully saturated rings. The highest BCUT2D eigenvalue weighted by atomic mass is 16.5. The first kappa shape index (κ1) is 20.4. The van der Waals surface area contributed by atoms with Gasteiger partial charge in [-0.05, 0) is 122 Å². The van der Waals surface area contributed by atoms with Crippen molar-refractivity contribution in [3.05, 3.63) is 65.5 Å². The highest BCUT2D eigenvalue weighted by Gasteiger charge is 2.67. The maximum atomic E-state index is 7.42. The Kier molecular flexibility index (Phi) is 4.34. The molecular formula is C30H36N2O. The third kappa shape index (κ3) is 2.73. The number of hydrogen-bond acceptors (Lipinski definition) is 3. The molecule has 3 nitrogen and oxygen atoms in total. The molecule has 1 aromatic carbocycles. The highest BCUT2D eigenvalue weighted by Crippen LogP contribution is 2.70. The van der Waals surface area contributed by atoms with Gasteiger partial charge in [0.15, 0.2) is 0 Å². The predicted octanol–water partition coefficient (Wildman–Crippen LogP) is 6.31. The van der Waals surface area contributed by atoms with Gasteiger partial charge in [-0.15, -0.1) is 0 Å². The van der Waals surface area contributed by atoms with E-state index in [2.05, 4.69) is 60.7 Å². The number of ether oxygens (including phenoxy) is 1. The minimum atomic E-state index is -0.0196. The van der Waals surface area contributed by atoms with E-state index in [-0.39, 0.29) is 11.2 Å². The summed E-state index contributed by atoms with van der Waals surface area (Å²) < 4.78 is 7.42. The lowest BCUT2D eigenvalue weighted by Crippen LogP contribution is -2.54. The Morgan fingerprint density at radius 1 is 1.12 bits per heavy atom. The number of nitrogens with one attached hydrogen (secondary N) is 1. The normalized spacial score (nSPS) is 41.2. The Morgan fingerprint density at radius 2 is 2.06 bits per heavy atom. The maximum absolute atomic E-state index is 7.42. The van der Waals surface area contributed by atoms with E-state index in [4.69, 9.17) is 4.74 Å². The molecule has 33 heavy (non-hydrogen) atoms. The maximum Gasteiger partial charge on any atom is 0.0944 e. The predicted molar refractivity (Wildman–Crippen MR) is 133 cm³/mol. The van der Waals surface area contributed by atoms with Crippen molar-refractivity contribution in [1.29, 1.82) is 0 Å². The number of fused-ring (bicyclic) bond motifs is 2. The van der Waals surface area contributed by atoms with Crippen molar-refractivity contribution in [2.24, 2.45) is 17.3 Å². The fraction of sp³-hybridized carbons (Fsp3) is 0.567. The molecule has 3 heterocycles. The summed E-state index contributed by atoms with van der Waals surface area (Å²) in [5.74, 6) is 1.94. The van der Waals surface area contributed by atoms with E-state index in [1.807, 2.05) is 12.4 Å². The van der Waals surface area contributed by atoms with E-state index in [1.54, 1.807) is 5.57 Å². The van der Waals surface area contributed by atoms with Crippen molar-refractivity contribution in [2.75, 3.05) is 13.6 Å². The van der Waals surface area contributed by atoms with Crippen molar-refractivity contribution in [3.8, 4) is 0 Å². The first-order valence-corrected chi connectivity index (χ1v) is 13.2. The molecule has 2 aliphatic heterocycles. The molecule has 0 amide bonds. The SMILES string of the molecule is CNC[C@@H]1CC=C2C=C3CC[C@]4(C)[C@@H](c5ccc6ccncc6c5)CC[C@H]4[C@@]34CC[C@]2(C1)O4. The minimum Gasteiger partial charge on any atom is -0.359 e. The Hall–Kier alpha value is -1.97. The summed E-state index contributed by atoms with van der Waals surface area (Å²) >= 11 is 0. The van der Waals surface area contributed by atoms with Gasteiger partial charge < -0.3 is 10.1 Å². The number of hydrogen-bond donors (Lipinski definition) is 1. The monoisotopic (exact) mass is 440 g/mol. The average molecular weight is 441 g/mol. The van der Waals surface area contributed by atoms with Gasteiger partial charge in [0.2, 0.25) is 0 Å². The van der Waals surface area contributed by atoms with Gasteiger partial charge in [-0.1, -0.05) is 31.2 Å². The first-order chi connectivity index (χ1) is 16.1. The Morgan fingerprint density at radius 3 is 2.97 bits per heavy atom. The van der Waals surface area contributed by atoms with Gasteiger partial charge >= 0.3 is 0 Å². The molecule has 2 aromatic rings. The molecule has 6 atom stereocenters. The van der Waals surface area contributed by atoms with Gasteiger partial charge in [-0.3, -0.25) is 4.98 Å². The lowest BCUT2D eigenvalue weighted by Gasteiger charge is -2.55. The number of benzene rings is 1. The fourth-order valence-electron chi connectivity index (χ4n) is 8.88. The summed E-state index contributed by atoms with van der Waals surface area (Å²) in [6, 6.07) is 9.25. The molecule has 7 rings (SSSR count). The van der Waals surface area contributed by atoms with Crippen LogP contribution >= 0.6 is 0 Å². The Bertz CT molecular complexity index is 1180. The van der Waals surface area contributed by atoms with E-state index in [1.165, 1.54) is 73.3 Å². The third-order valence-electron chi connectivity index (χ3n) is 10.4. The molecule has 1 saturated heterocycles. The molecular weight excluding hydrogens is 404 g/mol. The minimum absolute atomic E-state index is 0.0149. The van der Waals surface area contributed by atoms with Gasteiger partial charge in [0.25, 0.3) is 0 Å². The molecule has 0 radical (unpaired) electrons. The first-order valence-electron chi connectivity index (χ1n) is 13.2. The van der Waals surface area contributed by atoms with Crippen LogP contribution < -0.4 is 5.32 Å². The van der Waals surface area contributed by atoms with Crippen LogP contribution in [0.3, 0.4) is 0 Å². The van der Waals surface area contributed by atoms with Crippen molar-refractivity contribution in [2.45, 2.75) is 75.4 Å². The second-order valence-corrected chi connectivity index (χ2v) is 11.8. The highest BCUT2D eigenvalue weighted by molar-refractivity contribution is 5.82. The van der Waals surface area contributed by atoms with Crippen LogP contribution in [0, 0.1) is 17.3 Å². The van der Waals surface area contributed by atoms with Crippen LogP contribution in [0.4, 0.5) is 0 Å². The summed E-state index contributed by atoms with van der Waals surface area (Å²) in [5.41, 5.74) is 4.92. The van der Waals surface area contributed by atoms with E-state index in [9.17, 15) is 0 Å². The summed E-state index contributed by atoms with van der Waals surface area (Å²) in [6.07, 6.45) is 18.9. The van der Waals surface area contributed by atoms with Crippen LogP contribution in [0.2, 0.25) is 0 Å². The smallest absolute Gasteiger partial charge is 0.0944 e. The molecule has 3 aliphatic carbocycles. The average Bonchev–Trinajstić information content (AvgIpc) is 3.34. The summed E-state index contributed by atoms with van der Waals surface area (Å²) in [7, 11) is 2.08. The van der Waals surface area contributed by atoms with Crippen LogP contribution in [0.1, 0.15) is 69.8 Å². The second kappa shape index (κ2) is 7.02. The molecule has 2 saturated carbocycles. The van der Waals surface area contributed by atoms with Crippen molar-refractivity contribution in [1.82, 2.24) is 10.3 Å². The van der Waals surface area contributed by atoms with Gasteiger partial charge in [-0.2, -0.15) is 0 Å². The van der Waals surface area contributed by atoms with Gasteiger partial charge in [0.1, 0.15) is 0 Å². The molecule has 3 heteroatoms. The lowest BCUT2D eigenvalue weighted by molar-refractivity contribution is -0.143. The topological polar surface area (TPSA) is 34.2 Å². The van der Waals surface area contributed by atoms with Gasteiger partial charge in [-0.25, -0.2) is 0 Å². The quantitative estimate of drug-likeness (QED) is 0.607. The molecule has 5 aliphatic rings. The molecule has 172 valence electrons. The number of rotatable bonds is 3. The van der Waals surface area contributed by atoms with E-state index in [0.717, 1.165) is 6.54 Å². The summed E-state index contributed by atoms with van der Waals surface area (Å²) in [5, 5.41) is 5.99. The van der Waals surface area contributed by atoms with Crippen LogP contribution in [0.25, 0.3) is 10.8 Å². The summed E-state index contributed by atoms with van der Waals surface area (Å²) in [4.78, 5) is 4.38. The van der Waals surface area contributed by atoms with Crippen molar-refractivity contribution >= 4 is 10.8 Å². The number of pyridine rings is 1. The number of nitrogens with zero attached hydrogens (tertiary/aromatic N) is 1. The lowest BCUT2D eigenvalue weighted by atomic mass is 9.56. The summed E-state index contributed by atoms with van der Waals surface area (Å²) in [6.45, 7) is 3.69. The van der Waals surface area contributed by atoms with Crippen molar-refractivity contribution in [3.63, 3.8) is 0 Å². The molecule has 0 unspecified atom stereocenters. The van der Waals surface area contributed by atoms with E-state index < -0.39 is 0 Å².